The van der Waals surface area contributed by atoms with E-state index in [1.165, 1.54) is 18.9 Å². The second kappa shape index (κ2) is 9.01. The first kappa shape index (κ1) is 20.1. The molecule has 0 atom stereocenters. The number of aromatic nitrogens is 3. The second-order valence-corrected chi connectivity index (χ2v) is 6.02. The van der Waals surface area contributed by atoms with Crippen molar-refractivity contribution in [3.63, 3.8) is 0 Å². The Kier molecular flexibility index (Phi) is 6.23. The first-order valence-electron chi connectivity index (χ1n) is 8.98. The third-order valence-electron chi connectivity index (χ3n) is 4.22. The van der Waals surface area contributed by atoms with Gasteiger partial charge in [-0.25, -0.2) is 9.48 Å². The molecule has 0 amide bonds. The predicted molar refractivity (Wildman–Crippen MR) is 105 cm³/mol. The maximum atomic E-state index is 12.9. The molecule has 1 aromatic carbocycles. The van der Waals surface area contributed by atoms with Crippen molar-refractivity contribution in [1.82, 2.24) is 14.8 Å². The van der Waals surface area contributed by atoms with Crippen LogP contribution in [0.4, 0.5) is 0 Å². The van der Waals surface area contributed by atoms with Crippen molar-refractivity contribution in [2.24, 2.45) is 0 Å². The quantitative estimate of drug-likeness (QED) is 0.427. The molecule has 0 unspecified atom stereocenters. The van der Waals surface area contributed by atoms with Crippen LogP contribution in [0.2, 0.25) is 0 Å². The highest BCUT2D eigenvalue weighted by atomic mass is 16.5. The van der Waals surface area contributed by atoms with Gasteiger partial charge in [0.25, 0.3) is 0 Å². The smallest absolute Gasteiger partial charge is 0.356 e. The number of ketones is 1. The summed E-state index contributed by atoms with van der Waals surface area (Å²) in [4.78, 5) is 29.4. The number of nitrogens with zero attached hydrogens (tertiary/aromatic N) is 3. The summed E-state index contributed by atoms with van der Waals surface area (Å²) in [6, 6.07) is 10.1. The number of carbonyl (C=O) groups excluding carboxylic acids is 2. The molecule has 2 heterocycles. The summed E-state index contributed by atoms with van der Waals surface area (Å²) in [6.07, 6.45) is 3.28. The predicted octanol–water partition coefficient (Wildman–Crippen LogP) is 3.02. The number of ether oxygens (including phenoxy) is 3. The molecule has 0 spiro atoms. The summed E-state index contributed by atoms with van der Waals surface area (Å²) in [5.41, 5.74) is 1.80. The maximum absolute atomic E-state index is 12.9. The molecule has 0 bridgehead atoms. The number of methoxy groups -OCH3 is 2. The van der Waals surface area contributed by atoms with E-state index in [1.54, 1.807) is 49.6 Å². The zero-order valence-corrected chi connectivity index (χ0v) is 16.4. The average molecular weight is 395 g/mol. The Balaban J connectivity index is 1.96. The molecule has 8 heteroatoms. The van der Waals surface area contributed by atoms with Crippen LogP contribution in [0.3, 0.4) is 0 Å². The number of hydrogen-bond acceptors (Lipinski definition) is 7. The monoisotopic (exact) mass is 395 g/mol. The highest BCUT2D eigenvalue weighted by Gasteiger charge is 2.21. The molecular formula is C21H21N3O5. The van der Waals surface area contributed by atoms with Gasteiger partial charge in [0.1, 0.15) is 23.7 Å². The minimum absolute atomic E-state index is 0.156. The van der Waals surface area contributed by atoms with Crippen LogP contribution in [0.25, 0.3) is 11.3 Å². The van der Waals surface area contributed by atoms with Crippen molar-refractivity contribution in [2.45, 2.75) is 13.5 Å². The topological polar surface area (TPSA) is 92.5 Å². The van der Waals surface area contributed by atoms with Crippen LogP contribution >= 0.6 is 0 Å². The normalized spacial score (nSPS) is 10.4. The standard InChI is InChI=1S/C21H21N3O5/c1-4-29-21(26)18-11-17(14-6-5-9-22-12-14)23-24(18)13-19(25)16-8-7-15(27-2)10-20(16)28-3/h5-12H,4,13H2,1-3H3. The zero-order valence-electron chi connectivity index (χ0n) is 16.4. The van der Waals surface area contributed by atoms with Crippen LogP contribution in [-0.2, 0) is 11.3 Å². The lowest BCUT2D eigenvalue weighted by molar-refractivity contribution is 0.0512. The van der Waals surface area contributed by atoms with Gasteiger partial charge in [-0.1, -0.05) is 0 Å². The highest BCUT2D eigenvalue weighted by Crippen LogP contribution is 2.26. The number of pyridine rings is 1. The van der Waals surface area contributed by atoms with Gasteiger partial charge in [-0.05, 0) is 37.3 Å². The number of carbonyl (C=O) groups is 2. The van der Waals surface area contributed by atoms with Crippen LogP contribution in [0.15, 0.2) is 48.8 Å². The summed E-state index contributed by atoms with van der Waals surface area (Å²) >= 11 is 0. The summed E-state index contributed by atoms with van der Waals surface area (Å²) in [7, 11) is 3.01. The number of benzene rings is 1. The summed E-state index contributed by atoms with van der Waals surface area (Å²) in [5.74, 6) is 0.135. The van der Waals surface area contributed by atoms with E-state index in [9.17, 15) is 9.59 Å². The molecule has 29 heavy (non-hydrogen) atoms. The van der Waals surface area contributed by atoms with E-state index in [4.69, 9.17) is 14.2 Å². The molecule has 0 aliphatic heterocycles. The summed E-state index contributed by atoms with van der Waals surface area (Å²) < 4.78 is 16.9. The van der Waals surface area contributed by atoms with E-state index in [-0.39, 0.29) is 24.6 Å². The van der Waals surface area contributed by atoms with Crippen molar-refractivity contribution >= 4 is 11.8 Å². The van der Waals surface area contributed by atoms with Crippen LogP contribution in [0.1, 0.15) is 27.8 Å². The minimum atomic E-state index is -0.551. The molecule has 0 radical (unpaired) electrons. The van der Waals surface area contributed by atoms with Gasteiger partial charge in [0.2, 0.25) is 0 Å². The van der Waals surface area contributed by atoms with Gasteiger partial charge in [-0.15, -0.1) is 0 Å². The van der Waals surface area contributed by atoms with E-state index in [0.717, 1.165) is 5.56 Å². The molecule has 0 saturated carbocycles. The number of rotatable bonds is 8. The van der Waals surface area contributed by atoms with E-state index >= 15 is 0 Å². The van der Waals surface area contributed by atoms with Crippen LogP contribution in [-0.4, -0.2) is 47.3 Å². The summed E-state index contributed by atoms with van der Waals surface area (Å²) in [5, 5.41) is 4.43. The van der Waals surface area contributed by atoms with Crippen LogP contribution in [0.5, 0.6) is 11.5 Å². The van der Waals surface area contributed by atoms with Crippen molar-refractivity contribution < 1.29 is 23.8 Å². The fourth-order valence-electron chi connectivity index (χ4n) is 2.81. The van der Waals surface area contributed by atoms with Crippen molar-refractivity contribution in [3.05, 3.63) is 60.0 Å². The average Bonchev–Trinajstić information content (AvgIpc) is 3.17. The molecular weight excluding hydrogens is 374 g/mol. The van der Waals surface area contributed by atoms with Gasteiger partial charge in [0.05, 0.1) is 32.1 Å². The Hall–Kier alpha value is -3.68. The molecule has 0 N–H and O–H groups in total. The van der Waals surface area contributed by atoms with Crippen LogP contribution in [0, 0.1) is 0 Å². The molecule has 2 aromatic heterocycles. The van der Waals surface area contributed by atoms with Gasteiger partial charge >= 0.3 is 5.97 Å². The zero-order chi connectivity index (χ0) is 20.8. The van der Waals surface area contributed by atoms with Gasteiger partial charge in [0.15, 0.2) is 5.78 Å². The molecule has 8 nitrogen and oxygen atoms in total. The number of hydrogen-bond donors (Lipinski definition) is 0. The Morgan fingerprint density at radius 2 is 1.93 bits per heavy atom. The summed E-state index contributed by atoms with van der Waals surface area (Å²) in [6.45, 7) is 1.78. The van der Waals surface area contributed by atoms with E-state index in [0.29, 0.717) is 22.8 Å². The molecule has 0 aliphatic rings. The highest BCUT2D eigenvalue weighted by molar-refractivity contribution is 5.99. The van der Waals surface area contributed by atoms with Crippen molar-refractivity contribution in [1.29, 1.82) is 0 Å². The molecule has 0 saturated heterocycles. The van der Waals surface area contributed by atoms with E-state index in [1.807, 2.05) is 6.07 Å². The molecule has 0 aliphatic carbocycles. The van der Waals surface area contributed by atoms with Crippen molar-refractivity contribution in [2.75, 3.05) is 20.8 Å². The van der Waals surface area contributed by atoms with Crippen molar-refractivity contribution in [3.8, 4) is 22.8 Å². The fourth-order valence-corrected chi connectivity index (χ4v) is 2.81. The second-order valence-electron chi connectivity index (χ2n) is 6.02. The first-order valence-corrected chi connectivity index (χ1v) is 8.98. The third-order valence-corrected chi connectivity index (χ3v) is 4.22. The lowest BCUT2D eigenvalue weighted by Gasteiger charge is -2.11. The lowest BCUT2D eigenvalue weighted by Crippen LogP contribution is -2.18. The van der Waals surface area contributed by atoms with Gasteiger partial charge < -0.3 is 14.2 Å². The Labute approximate surface area is 168 Å². The fraction of sp³-hybridized carbons (Fsp3) is 0.238. The van der Waals surface area contributed by atoms with Crippen LogP contribution < -0.4 is 9.47 Å². The van der Waals surface area contributed by atoms with E-state index < -0.39 is 5.97 Å². The number of esters is 1. The molecule has 0 fully saturated rings. The minimum Gasteiger partial charge on any atom is -0.497 e. The lowest BCUT2D eigenvalue weighted by atomic mass is 10.1. The Bertz CT molecular complexity index is 1010. The molecule has 3 rings (SSSR count). The number of Topliss-reactive ketones (excluding diaryl/α,β-unsaturated/α-hetero) is 1. The largest absolute Gasteiger partial charge is 0.497 e. The molecule has 3 aromatic rings. The van der Waals surface area contributed by atoms with Gasteiger partial charge in [-0.3, -0.25) is 9.78 Å². The SMILES string of the molecule is CCOC(=O)c1cc(-c2cccnc2)nn1CC(=O)c1ccc(OC)cc1OC. The Morgan fingerprint density at radius 3 is 2.59 bits per heavy atom. The Morgan fingerprint density at radius 1 is 1.10 bits per heavy atom. The third kappa shape index (κ3) is 4.43. The van der Waals surface area contributed by atoms with Gasteiger partial charge in [-0.2, -0.15) is 5.10 Å². The first-order chi connectivity index (χ1) is 14.1. The van der Waals surface area contributed by atoms with E-state index in [2.05, 4.69) is 10.1 Å². The van der Waals surface area contributed by atoms with Gasteiger partial charge in [0, 0.05) is 24.0 Å². The molecule has 150 valence electrons. The maximum Gasteiger partial charge on any atom is 0.356 e.